The van der Waals surface area contributed by atoms with Gasteiger partial charge in [0.1, 0.15) is 12.4 Å². The molecule has 0 aliphatic heterocycles. The number of ether oxygens (including phenoxy) is 2. The Balaban J connectivity index is 2.37. The molecular weight excluding hydrogens is 266 g/mol. The van der Waals surface area contributed by atoms with Crippen LogP contribution in [0, 0.1) is 0 Å². The van der Waals surface area contributed by atoms with Gasteiger partial charge in [0.15, 0.2) is 0 Å². The third-order valence-corrected chi connectivity index (χ3v) is 3.34. The number of hydrogen-bond acceptors (Lipinski definition) is 4. The third-order valence-electron chi connectivity index (χ3n) is 3.34. The molecule has 0 heterocycles. The summed E-state index contributed by atoms with van der Waals surface area (Å²) < 4.78 is 10.3. The van der Waals surface area contributed by atoms with Crippen molar-refractivity contribution in [2.75, 3.05) is 27.3 Å². The molecule has 0 spiro atoms. The molecule has 4 heteroatoms. The largest absolute Gasteiger partial charge is 0.497 e. The van der Waals surface area contributed by atoms with Crippen LogP contribution in [0.4, 0.5) is 0 Å². The predicted molar refractivity (Wildman–Crippen MR) is 85.4 cm³/mol. The van der Waals surface area contributed by atoms with E-state index in [0.717, 1.165) is 11.3 Å². The molecule has 116 valence electrons. The van der Waals surface area contributed by atoms with Crippen molar-refractivity contribution in [1.82, 2.24) is 4.90 Å². The van der Waals surface area contributed by atoms with Gasteiger partial charge in [0.2, 0.25) is 0 Å². The highest BCUT2D eigenvalue weighted by Crippen LogP contribution is 2.12. The Morgan fingerprint density at radius 3 is 2.38 bits per heavy atom. The molecule has 4 nitrogen and oxygen atoms in total. The summed E-state index contributed by atoms with van der Waals surface area (Å²) in [5.74, 6) is 0.466. The number of methoxy groups -OCH3 is 1. The maximum absolute atomic E-state index is 11.6. The van der Waals surface area contributed by atoms with Crippen LogP contribution in [0.1, 0.15) is 26.3 Å². The first-order valence-corrected chi connectivity index (χ1v) is 7.03. The Bertz CT molecular complexity index is 472. The van der Waals surface area contributed by atoms with Crippen LogP contribution in [0.2, 0.25) is 0 Å². The van der Waals surface area contributed by atoms with Crippen molar-refractivity contribution in [2.24, 2.45) is 0 Å². The average molecular weight is 291 g/mol. The maximum Gasteiger partial charge on any atom is 0.330 e. The van der Waals surface area contributed by atoms with Gasteiger partial charge in [0.25, 0.3) is 0 Å². The molecule has 0 radical (unpaired) electrons. The Morgan fingerprint density at radius 1 is 1.24 bits per heavy atom. The molecule has 1 aromatic rings. The van der Waals surface area contributed by atoms with E-state index in [-0.39, 0.29) is 11.5 Å². The zero-order valence-corrected chi connectivity index (χ0v) is 13.6. The van der Waals surface area contributed by atoms with E-state index < -0.39 is 0 Å². The smallest absolute Gasteiger partial charge is 0.330 e. The van der Waals surface area contributed by atoms with Crippen molar-refractivity contribution in [3.8, 4) is 5.75 Å². The van der Waals surface area contributed by atoms with Gasteiger partial charge in [-0.25, -0.2) is 4.79 Å². The van der Waals surface area contributed by atoms with Gasteiger partial charge in [0, 0.05) is 18.2 Å². The molecule has 0 bridgehead atoms. The minimum atomic E-state index is -0.326. The Labute approximate surface area is 127 Å². The van der Waals surface area contributed by atoms with Crippen LogP contribution in [0.3, 0.4) is 0 Å². The molecule has 0 saturated carbocycles. The van der Waals surface area contributed by atoms with Crippen LogP contribution in [0.15, 0.2) is 30.3 Å². The van der Waals surface area contributed by atoms with Crippen molar-refractivity contribution < 1.29 is 14.3 Å². The quantitative estimate of drug-likeness (QED) is 0.596. The minimum absolute atomic E-state index is 0.0747. The summed E-state index contributed by atoms with van der Waals surface area (Å²) in [7, 11) is 3.64. The number of benzene rings is 1. The fourth-order valence-corrected chi connectivity index (χ4v) is 1.55. The number of esters is 1. The van der Waals surface area contributed by atoms with Crippen LogP contribution < -0.4 is 4.74 Å². The summed E-state index contributed by atoms with van der Waals surface area (Å²) in [4.78, 5) is 13.8. The van der Waals surface area contributed by atoms with Gasteiger partial charge in [-0.1, -0.05) is 12.1 Å². The van der Waals surface area contributed by atoms with Crippen LogP contribution in [0.25, 0.3) is 6.08 Å². The average Bonchev–Trinajstić information content (AvgIpc) is 2.44. The number of likely N-dealkylation sites (N-methyl/N-ethyl adjacent to an activating group) is 1. The molecule has 0 aromatic heterocycles. The summed E-state index contributed by atoms with van der Waals surface area (Å²) in [6.45, 7) is 7.47. The topological polar surface area (TPSA) is 38.8 Å². The first kappa shape index (κ1) is 17.2. The van der Waals surface area contributed by atoms with Crippen molar-refractivity contribution in [3.05, 3.63) is 35.9 Å². The summed E-state index contributed by atoms with van der Waals surface area (Å²) >= 11 is 0. The van der Waals surface area contributed by atoms with E-state index in [4.69, 9.17) is 9.47 Å². The molecule has 0 N–H and O–H groups in total. The number of nitrogens with zero attached hydrogens (tertiary/aromatic N) is 1. The Kier molecular flexibility index (Phi) is 6.43. The zero-order valence-electron chi connectivity index (χ0n) is 13.6. The van der Waals surface area contributed by atoms with Crippen molar-refractivity contribution in [1.29, 1.82) is 0 Å². The van der Waals surface area contributed by atoms with E-state index in [1.165, 1.54) is 6.08 Å². The van der Waals surface area contributed by atoms with Crippen molar-refractivity contribution in [3.63, 3.8) is 0 Å². The molecule has 0 unspecified atom stereocenters. The Hall–Kier alpha value is -1.81. The second kappa shape index (κ2) is 7.84. The third kappa shape index (κ3) is 6.45. The van der Waals surface area contributed by atoms with Gasteiger partial charge in [-0.2, -0.15) is 0 Å². The van der Waals surface area contributed by atoms with E-state index >= 15 is 0 Å². The molecule has 0 fully saturated rings. The molecule has 21 heavy (non-hydrogen) atoms. The second-order valence-corrected chi connectivity index (χ2v) is 5.87. The van der Waals surface area contributed by atoms with Crippen LogP contribution >= 0.6 is 0 Å². The van der Waals surface area contributed by atoms with E-state index in [2.05, 4.69) is 25.7 Å². The highest BCUT2D eigenvalue weighted by atomic mass is 16.5. The first-order chi connectivity index (χ1) is 9.82. The lowest BCUT2D eigenvalue weighted by molar-refractivity contribution is -0.138. The molecule has 0 aliphatic rings. The van der Waals surface area contributed by atoms with E-state index in [9.17, 15) is 4.79 Å². The van der Waals surface area contributed by atoms with Crippen molar-refractivity contribution >= 4 is 12.0 Å². The molecule has 1 rings (SSSR count). The number of carbonyl (C=O) groups is 1. The lowest BCUT2D eigenvalue weighted by Gasteiger charge is -2.31. The van der Waals surface area contributed by atoms with Gasteiger partial charge >= 0.3 is 5.97 Å². The predicted octanol–water partition coefficient (Wildman–Crippen LogP) is 2.98. The van der Waals surface area contributed by atoms with E-state index in [1.807, 2.05) is 31.3 Å². The molecule has 0 atom stereocenters. The van der Waals surface area contributed by atoms with E-state index in [0.29, 0.717) is 13.2 Å². The fourth-order valence-electron chi connectivity index (χ4n) is 1.55. The monoisotopic (exact) mass is 291 g/mol. The van der Waals surface area contributed by atoms with Crippen LogP contribution in [0.5, 0.6) is 5.75 Å². The van der Waals surface area contributed by atoms with Crippen molar-refractivity contribution in [2.45, 2.75) is 26.3 Å². The summed E-state index contributed by atoms with van der Waals surface area (Å²) in [5.41, 5.74) is 1.00. The number of carbonyl (C=O) groups excluding carboxylic acids is 1. The van der Waals surface area contributed by atoms with Gasteiger partial charge < -0.3 is 9.47 Å². The van der Waals surface area contributed by atoms with Crippen LogP contribution in [-0.4, -0.2) is 43.7 Å². The highest BCUT2D eigenvalue weighted by molar-refractivity contribution is 5.87. The number of rotatable bonds is 6. The van der Waals surface area contributed by atoms with E-state index in [1.54, 1.807) is 13.2 Å². The lowest BCUT2D eigenvalue weighted by Crippen LogP contribution is -2.40. The van der Waals surface area contributed by atoms with Gasteiger partial charge in [-0.3, -0.25) is 4.90 Å². The summed E-state index contributed by atoms with van der Waals surface area (Å²) in [6, 6.07) is 7.47. The standard InChI is InChI=1S/C17H25NO3/c1-17(2,3)18(4)12-13-21-16(19)11-8-14-6-9-15(20-5)10-7-14/h6-11H,12-13H2,1-5H3/b11-8-. The number of hydrogen-bond donors (Lipinski definition) is 0. The maximum atomic E-state index is 11.6. The van der Waals surface area contributed by atoms with Gasteiger partial charge in [-0.15, -0.1) is 0 Å². The summed E-state index contributed by atoms with van der Waals surface area (Å²) in [6.07, 6.45) is 3.17. The summed E-state index contributed by atoms with van der Waals surface area (Å²) in [5, 5.41) is 0. The second-order valence-electron chi connectivity index (χ2n) is 5.87. The minimum Gasteiger partial charge on any atom is -0.497 e. The first-order valence-electron chi connectivity index (χ1n) is 7.03. The van der Waals surface area contributed by atoms with Gasteiger partial charge in [-0.05, 0) is 51.6 Å². The Morgan fingerprint density at radius 2 is 1.86 bits per heavy atom. The lowest BCUT2D eigenvalue weighted by atomic mass is 10.1. The molecule has 1 aromatic carbocycles. The highest BCUT2D eigenvalue weighted by Gasteiger charge is 2.16. The normalized spacial score (nSPS) is 11.9. The molecular formula is C17H25NO3. The molecule has 0 aliphatic carbocycles. The van der Waals surface area contributed by atoms with Crippen LogP contribution in [-0.2, 0) is 9.53 Å². The molecule has 0 saturated heterocycles. The van der Waals surface area contributed by atoms with Gasteiger partial charge in [0.05, 0.1) is 7.11 Å². The SMILES string of the molecule is COc1ccc(/C=C\C(=O)OCCN(C)C(C)(C)C)cc1. The zero-order chi connectivity index (χ0) is 15.9. The fraction of sp³-hybridized carbons (Fsp3) is 0.471. The molecule has 0 amide bonds.